The second kappa shape index (κ2) is 7.64. The normalized spacial score (nSPS) is 11.0. The van der Waals surface area contributed by atoms with Crippen LogP contribution in [0.4, 0.5) is 11.4 Å². The summed E-state index contributed by atoms with van der Waals surface area (Å²) < 4.78 is 26.0. The van der Waals surface area contributed by atoms with Crippen LogP contribution in [-0.4, -0.2) is 27.3 Å². The maximum absolute atomic E-state index is 12.4. The van der Waals surface area contributed by atoms with Crippen molar-refractivity contribution >= 4 is 44.8 Å². The zero-order valence-corrected chi connectivity index (χ0v) is 15.0. The Balaban J connectivity index is 2.27. The topological polar surface area (TPSA) is 104 Å². The Morgan fingerprint density at radius 1 is 1.00 bits per heavy atom. The van der Waals surface area contributed by atoms with Gasteiger partial charge in [0.05, 0.1) is 5.02 Å². The lowest BCUT2D eigenvalue weighted by atomic mass is 10.2. The lowest BCUT2D eigenvalue weighted by Gasteiger charge is -2.10. The van der Waals surface area contributed by atoms with Crippen molar-refractivity contribution in [2.75, 3.05) is 17.7 Å². The maximum Gasteiger partial charge on any atom is 0.255 e. The molecule has 0 atom stereocenters. The zero-order chi connectivity index (χ0) is 18.6. The minimum absolute atomic E-state index is 0.0126. The Bertz CT molecular complexity index is 929. The summed E-state index contributed by atoms with van der Waals surface area (Å²) in [6.07, 6.45) is 0. The van der Waals surface area contributed by atoms with Gasteiger partial charge < -0.3 is 10.6 Å². The summed E-state index contributed by atoms with van der Waals surface area (Å²) >= 11 is 5.90. The van der Waals surface area contributed by atoms with Gasteiger partial charge in [-0.3, -0.25) is 9.59 Å². The van der Waals surface area contributed by atoms with Gasteiger partial charge in [-0.2, -0.15) is 0 Å². The Morgan fingerprint density at radius 3 is 2.24 bits per heavy atom. The van der Waals surface area contributed by atoms with Crippen molar-refractivity contribution in [3.8, 4) is 0 Å². The molecule has 0 spiro atoms. The van der Waals surface area contributed by atoms with E-state index in [1.807, 2.05) is 0 Å². The number of nitrogens with one attached hydrogen (secondary N) is 3. The number of hydrogen-bond donors (Lipinski definition) is 3. The van der Waals surface area contributed by atoms with Crippen molar-refractivity contribution in [3.05, 3.63) is 53.1 Å². The molecule has 0 fully saturated rings. The minimum Gasteiger partial charge on any atom is -0.326 e. The van der Waals surface area contributed by atoms with E-state index in [-0.39, 0.29) is 21.4 Å². The van der Waals surface area contributed by atoms with Crippen molar-refractivity contribution in [3.63, 3.8) is 0 Å². The minimum atomic E-state index is -3.79. The molecule has 132 valence electrons. The molecule has 9 heteroatoms. The molecule has 0 aromatic heterocycles. The Labute approximate surface area is 150 Å². The maximum atomic E-state index is 12.4. The average molecular weight is 382 g/mol. The largest absolute Gasteiger partial charge is 0.326 e. The Kier molecular flexibility index (Phi) is 5.78. The first-order valence-electron chi connectivity index (χ1n) is 7.15. The molecule has 0 unspecified atom stereocenters. The Morgan fingerprint density at radius 2 is 1.64 bits per heavy atom. The van der Waals surface area contributed by atoms with E-state index in [1.165, 1.54) is 32.2 Å². The van der Waals surface area contributed by atoms with Crippen LogP contribution in [0.3, 0.4) is 0 Å². The molecule has 0 aliphatic carbocycles. The number of rotatable bonds is 5. The molecule has 2 aromatic carbocycles. The number of halogens is 1. The van der Waals surface area contributed by atoms with E-state index in [2.05, 4.69) is 15.4 Å². The molecule has 0 heterocycles. The molecule has 0 saturated carbocycles. The molecule has 0 saturated heterocycles. The van der Waals surface area contributed by atoms with E-state index in [0.29, 0.717) is 11.4 Å². The van der Waals surface area contributed by atoms with Gasteiger partial charge in [-0.25, -0.2) is 13.1 Å². The van der Waals surface area contributed by atoms with Crippen LogP contribution in [0.2, 0.25) is 5.02 Å². The van der Waals surface area contributed by atoms with Gasteiger partial charge in [0.2, 0.25) is 15.9 Å². The summed E-state index contributed by atoms with van der Waals surface area (Å²) in [5.41, 5.74) is 1.10. The van der Waals surface area contributed by atoms with Crippen molar-refractivity contribution in [1.29, 1.82) is 0 Å². The lowest BCUT2D eigenvalue weighted by molar-refractivity contribution is -0.114. The van der Waals surface area contributed by atoms with Crippen molar-refractivity contribution < 1.29 is 18.0 Å². The van der Waals surface area contributed by atoms with E-state index in [0.717, 1.165) is 0 Å². The Hall–Kier alpha value is -2.42. The van der Waals surface area contributed by atoms with Gasteiger partial charge in [-0.15, -0.1) is 0 Å². The SMILES string of the molecule is CNS(=O)(=O)c1cc(C(=O)Nc2cccc(NC(C)=O)c2)ccc1Cl. The molecule has 0 aliphatic heterocycles. The molecule has 7 nitrogen and oxygen atoms in total. The van der Waals surface area contributed by atoms with E-state index < -0.39 is 15.9 Å². The highest BCUT2D eigenvalue weighted by atomic mass is 35.5. The highest BCUT2D eigenvalue weighted by Gasteiger charge is 2.18. The van der Waals surface area contributed by atoms with Crippen molar-refractivity contribution in [2.45, 2.75) is 11.8 Å². The third-order valence-electron chi connectivity index (χ3n) is 3.19. The molecule has 0 radical (unpaired) electrons. The summed E-state index contributed by atoms with van der Waals surface area (Å²) in [6.45, 7) is 1.38. The molecular formula is C16H16ClN3O4S. The van der Waals surface area contributed by atoms with Crippen LogP contribution in [-0.2, 0) is 14.8 Å². The fourth-order valence-electron chi connectivity index (χ4n) is 2.04. The fourth-order valence-corrected chi connectivity index (χ4v) is 3.29. The summed E-state index contributed by atoms with van der Waals surface area (Å²) in [6, 6.07) is 10.5. The summed E-state index contributed by atoms with van der Waals surface area (Å²) in [5, 5.41) is 5.26. The van der Waals surface area contributed by atoms with Crippen LogP contribution in [0.1, 0.15) is 17.3 Å². The van der Waals surface area contributed by atoms with Crippen LogP contribution in [0.5, 0.6) is 0 Å². The smallest absolute Gasteiger partial charge is 0.255 e. The standard InChI is InChI=1S/C16H16ClN3O4S/c1-10(21)19-12-4-3-5-13(9-12)20-16(22)11-6-7-14(17)15(8-11)25(23,24)18-2/h3-9,18H,1-2H3,(H,19,21)(H,20,22). The second-order valence-corrected chi connectivity index (χ2v) is 7.33. The van der Waals surface area contributed by atoms with Gasteiger partial charge in [0.15, 0.2) is 0 Å². The molecule has 0 bridgehead atoms. The number of sulfonamides is 1. The van der Waals surface area contributed by atoms with Crippen LogP contribution < -0.4 is 15.4 Å². The number of benzene rings is 2. The number of carbonyl (C=O) groups is 2. The van der Waals surface area contributed by atoms with Gasteiger partial charge in [0.1, 0.15) is 4.90 Å². The van der Waals surface area contributed by atoms with Crippen LogP contribution >= 0.6 is 11.6 Å². The number of amides is 2. The molecule has 0 aliphatic rings. The number of hydrogen-bond acceptors (Lipinski definition) is 4. The molecule has 2 aromatic rings. The van der Waals surface area contributed by atoms with Crippen LogP contribution in [0, 0.1) is 0 Å². The van der Waals surface area contributed by atoms with Gasteiger partial charge in [-0.1, -0.05) is 17.7 Å². The molecule has 2 amide bonds. The first-order chi connectivity index (χ1) is 11.7. The van der Waals surface area contributed by atoms with Gasteiger partial charge in [0, 0.05) is 23.9 Å². The number of carbonyl (C=O) groups excluding carboxylic acids is 2. The van der Waals surface area contributed by atoms with Crippen molar-refractivity contribution in [1.82, 2.24) is 4.72 Å². The predicted octanol–water partition coefficient (Wildman–Crippen LogP) is 2.46. The van der Waals surface area contributed by atoms with Crippen LogP contribution in [0.25, 0.3) is 0 Å². The van der Waals surface area contributed by atoms with Crippen LogP contribution in [0.15, 0.2) is 47.4 Å². The first-order valence-corrected chi connectivity index (χ1v) is 9.01. The monoisotopic (exact) mass is 381 g/mol. The highest BCUT2D eigenvalue weighted by Crippen LogP contribution is 2.23. The summed E-state index contributed by atoms with van der Waals surface area (Å²) in [5.74, 6) is -0.743. The van der Waals surface area contributed by atoms with Gasteiger partial charge in [-0.05, 0) is 43.4 Å². The molecule has 25 heavy (non-hydrogen) atoms. The fraction of sp³-hybridized carbons (Fsp3) is 0.125. The summed E-state index contributed by atoms with van der Waals surface area (Å²) in [4.78, 5) is 23.3. The van der Waals surface area contributed by atoms with Gasteiger partial charge >= 0.3 is 0 Å². The van der Waals surface area contributed by atoms with Crippen molar-refractivity contribution in [2.24, 2.45) is 0 Å². The molecule has 2 rings (SSSR count). The molecule has 3 N–H and O–H groups in total. The first kappa shape index (κ1) is 18.9. The van der Waals surface area contributed by atoms with E-state index >= 15 is 0 Å². The lowest BCUT2D eigenvalue weighted by Crippen LogP contribution is -2.20. The second-order valence-electron chi connectivity index (χ2n) is 5.07. The van der Waals surface area contributed by atoms with E-state index in [9.17, 15) is 18.0 Å². The third-order valence-corrected chi connectivity index (χ3v) is 5.09. The predicted molar refractivity (Wildman–Crippen MR) is 96.4 cm³/mol. The molecular weight excluding hydrogens is 366 g/mol. The number of anilines is 2. The quantitative estimate of drug-likeness (QED) is 0.739. The summed E-state index contributed by atoms with van der Waals surface area (Å²) in [7, 11) is -2.53. The van der Waals surface area contributed by atoms with E-state index in [4.69, 9.17) is 11.6 Å². The van der Waals surface area contributed by atoms with Gasteiger partial charge in [0.25, 0.3) is 5.91 Å². The zero-order valence-electron chi connectivity index (χ0n) is 13.5. The average Bonchev–Trinajstić information content (AvgIpc) is 2.54. The highest BCUT2D eigenvalue weighted by molar-refractivity contribution is 7.89. The third kappa shape index (κ3) is 4.79. The van der Waals surface area contributed by atoms with E-state index in [1.54, 1.807) is 24.3 Å².